The largest absolute Gasteiger partial charge is 0.481 e. The van der Waals surface area contributed by atoms with Crippen molar-refractivity contribution in [1.82, 2.24) is 4.90 Å². The van der Waals surface area contributed by atoms with Gasteiger partial charge >= 0.3 is 5.97 Å². The number of nitrogens with zero attached hydrogens (tertiary/aromatic N) is 1. The average molecular weight is 312 g/mol. The maximum atomic E-state index is 13.5. The van der Waals surface area contributed by atoms with Crippen LogP contribution < -0.4 is 0 Å². The molecule has 1 saturated heterocycles. The van der Waals surface area contributed by atoms with Crippen molar-refractivity contribution in [2.45, 2.75) is 6.92 Å². The van der Waals surface area contributed by atoms with E-state index in [4.69, 9.17) is 16.7 Å². The van der Waals surface area contributed by atoms with Gasteiger partial charge in [-0.2, -0.15) is 0 Å². The first-order valence-corrected chi connectivity index (χ1v) is 6.91. The third-order valence-electron chi connectivity index (χ3n) is 3.71. The molecule has 0 aliphatic carbocycles. The fourth-order valence-electron chi connectivity index (χ4n) is 2.14. The molecule has 4 nitrogen and oxygen atoms in total. The van der Waals surface area contributed by atoms with E-state index in [0.717, 1.165) is 0 Å². The molecule has 0 spiro atoms. The molecule has 112 valence electrons. The lowest BCUT2D eigenvalue weighted by Gasteiger charge is -2.40. The lowest BCUT2D eigenvalue weighted by atomic mass is 9.87. The summed E-state index contributed by atoms with van der Waals surface area (Å²) in [6.07, 6.45) is 2.60. The third-order valence-corrected chi connectivity index (χ3v) is 4.04. The van der Waals surface area contributed by atoms with Crippen LogP contribution in [0.1, 0.15) is 12.5 Å². The van der Waals surface area contributed by atoms with Gasteiger partial charge in [0.15, 0.2) is 0 Å². The summed E-state index contributed by atoms with van der Waals surface area (Å²) in [5.41, 5.74) is 0.170. The number of benzene rings is 1. The molecule has 1 aromatic rings. The summed E-state index contributed by atoms with van der Waals surface area (Å²) in [6, 6.07) is 4.30. The van der Waals surface area contributed by atoms with Gasteiger partial charge in [0.2, 0.25) is 5.91 Å². The van der Waals surface area contributed by atoms with Crippen LogP contribution in [0.4, 0.5) is 4.39 Å². The minimum atomic E-state index is -0.860. The Hall–Kier alpha value is -1.88. The zero-order valence-electron chi connectivity index (χ0n) is 11.4. The van der Waals surface area contributed by atoms with Gasteiger partial charge in [-0.25, -0.2) is 4.39 Å². The van der Waals surface area contributed by atoms with Gasteiger partial charge in [0.1, 0.15) is 5.82 Å². The molecule has 1 fully saturated rings. The zero-order valence-corrected chi connectivity index (χ0v) is 12.2. The van der Waals surface area contributed by atoms with Crippen molar-refractivity contribution < 1.29 is 19.1 Å². The molecule has 1 heterocycles. The van der Waals surface area contributed by atoms with Crippen molar-refractivity contribution in [2.75, 3.05) is 13.1 Å². The second kappa shape index (κ2) is 6.26. The number of carbonyl (C=O) groups is 2. The monoisotopic (exact) mass is 311 g/mol. The Morgan fingerprint density at radius 2 is 2.14 bits per heavy atom. The number of carboxylic acids is 1. The van der Waals surface area contributed by atoms with Gasteiger partial charge in [0, 0.05) is 30.6 Å². The van der Waals surface area contributed by atoms with E-state index in [2.05, 4.69) is 0 Å². The van der Waals surface area contributed by atoms with Gasteiger partial charge < -0.3 is 10.0 Å². The Morgan fingerprint density at radius 1 is 1.48 bits per heavy atom. The molecule has 1 N–H and O–H groups in total. The van der Waals surface area contributed by atoms with Gasteiger partial charge in [-0.1, -0.05) is 24.6 Å². The van der Waals surface area contributed by atoms with Crippen LogP contribution in [0.5, 0.6) is 0 Å². The van der Waals surface area contributed by atoms with Crippen LogP contribution in [0.25, 0.3) is 6.08 Å². The number of hydrogen-bond acceptors (Lipinski definition) is 2. The summed E-state index contributed by atoms with van der Waals surface area (Å²) in [6.45, 7) is 2.44. The normalized spacial score (nSPS) is 16.8. The molecular formula is C15H15ClFNO3. The highest BCUT2D eigenvalue weighted by Crippen LogP contribution is 2.25. The van der Waals surface area contributed by atoms with Gasteiger partial charge in [-0.15, -0.1) is 0 Å². The molecule has 2 rings (SSSR count). The predicted octanol–water partition coefficient (Wildman–Crippen LogP) is 2.67. The second-order valence-corrected chi connectivity index (χ2v) is 5.51. The first-order valence-electron chi connectivity index (χ1n) is 6.54. The highest BCUT2D eigenvalue weighted by Gasteiger charge is 2.36. The van der Waals surface area contributed by atoms with E-state index in [1.165, 1.54) is 29.2 Å². The van der Waals surface area contributed by atoms with Crippen molar-refractivity contribution >= 4 is 29.6 Å². The molecule has 1 atom stereocenters. The number of carbonyl (C=O) groups excluding carboxylic acids is 1. The van der Waals surface area contributed by atoms with Crippen molar-refractivity contribution in [3.05, 3.63) is 40.7 Å². The van der Waals surface area contributed by atoms with E-state index in [9.17, 15) is 14.0 Å². The molecule has 21 heavy (non-hydrogen) atoms. The topological polar surface area (TPSA) is 57.6 Å². The maximum absolute atomic E-state index is 13.5. The molecule has 0 saturated carbocycles. The molecule has 0 aromatic heterocycles. The van der Waals surface area contributed by atoms with Crippen molar-refractivity contribution in [2.24, 2.45) is 11.8 Å². The minimum absolute atomic E-state index is 0.0306. The quantitative estimate of drug-likeness (QED) is 0.870. The number of aliphatic carboxylic acids is 1. The van der Waals surface area contributed by atoms with Gasteiger partial charge in [0.05, 0.1) is 10.9 Å². The number of rotatable bonds is 4. The van der Waals surface area contributed by atoms with Crippen LogP contribution >= 0.6 is 11.6 Å². The standard InChI is InChI=1S/C15H15ClFNO3/c1-9(15(20)21)10-7-18(8-10)14(19)6-5-11-12(16)3-2-4-13(11)17/h2-6,9-10H,7-8H2,1H3,(H,20,21)/b6-5+. The second-order valence-electron chi connectivity index (χ2n) is 5.10. The Balaban J connectivity index is 1.95. The zero-order chi connectivity index (χ0) is 15.6. The molecule has 1 amide bonds. The lowest BCUT2D eigenvalue weighted by molar-refractivity contribution is -0.148. The van der Waals surface area contributed by atoms with Crippen LogP contribution in [-0.2, 0) is 9.59 Å². The molecular weight excluding hydrogens is 297 g/mol. The summed E-state index contributed by atoms with van der Waals surface area (Å²) in [5.74, 6) is -2.13. The van der Waals surface area contributed by atoms with E-state index < -0.39 is 17.7 Å². The molecule has 1 aromatic carbocycles. The summed E-state index contributed by atoms with van der Waals surface area (Å²) in [4.78, 5) is 24.2. The Bertz CT molecular complexity index is 576. The van der Waals surface area contributed by atoms with Crippen molar-refractivity contribution in [1.29, 1.82) is 0 Å². The molecule has 1 aliphatic heterocycles. The van der Waals surface area contributed by atoms with E-state index in [-0.39, 0.29) is 22.4 Å². The van der Waals surface area contributed by atoms with Crippen LogP contribution in [0.3, 0.4) is 0 Å². The summed E-state index contributed by atoms with van der Waals surface area (Å²) in [7, 11) is 0. The van der Waals surface area contributed by atoms with Crippen molar-refractivity contribution in [3.63, 3.8) is 0 Å². The first kappa shape index (κ1) is 15.5. The first-order chi connectivity index (χ1) is 9.90. The van der Waals surface area contributed by atoms with E-state index in [1.807, 2.05) is 0 Å². The Kier molecular flexibility index (Phi) is 4.63. The van der Waals surface area contributed by atoms with Gasteiger partial charge in [-0.05, 0) is 18.2 Å². The summed E-state index contributed by atoms with van der Waals surface area (Å²) in [5, 5.41) is 9.12. The predicted molar refractivity (Wildman–Crippen MR) is 77.3 cm³/mol. The van der Waals surface area contributed by atoms with Crippen LogP contribution in [0, 0.1) is 17.7 Å². The number of halogens is 2. The third kappa shape index (κ3) is 3.42. The molecule has 0 bridgehead atoms. The fraction of sp³-hybridized carbons (Fsp3) is 0.333. The number of carboxylic acid groups (broad SMARTS) is 1. The van der Waals surface area contributed by atoms with Crippen LogP contribution in [0.15, 0.2) is 24.3 Å². The minimum Gasteiger partial charge on any atom is -0.481 e. The van der Waals surface area contributed by atoms with Crippen LogP contribution in [0.2, 0.25) is 5.02 Å². The number of likely N-dealkylation sites (tertiary alicyclic amines) is 1. The summed E-state index contributed by atoms with van der Waals surface area (Å²) < 4.78 is 13.5. The van der Waals surface area contributed by atoms with E-state index in [1.54, 1.807) is 13.0 Å². The molecule has 1 aliphatic rings. The average Bonchev–Trinajstić information content (AvgIpc) is 2.36. The van der Waals surface area contributed by atoms with Crippen LogP contribution in [-0.4, -0.2) is 35.0 Å². The van der Waals surface area contributed by atoms with Gasteiger partial charge in [-0.3, -0.25) is 9.59 Å². The van der Waals surface area contributed by atoms with Crippen molar-refractivity contribution in [3.8, 4) is 0 Å². The lowest BCUT2D eigenvalue weighted by Crippen LogP contribution is -2.53. The summed E-state index contributed by atoms with van der Waals surface area (Å²) >= 11 is 5.86. The SMILES string of the molecule is CC(C(=O)O)C1CN(C(=O)/C=C/c2c(F)cccc2Cl)C1. The molecule has 1 unspecified atom stereocenters. The molecule has 0 radical (unpaired) electrons. The highest BCUT2D eigenvalue weighted by molar-refractivity contribution is 6.32. The maximum Gasteiger partial charge on any atom is 0.306 e. The number of amides is 1. The Morgan fingerprint density at radius 3 is 2.71 bits per heavy atom. The van der Waals surface area contributed by atoms with Gasteiger partial charge in [0.25, 0.3) is 0 Å². The van der Waals surface area contributed by atoms with E-state index >= 15 is 0 Å². The van der Waals surface area contributed by atoms with E-state index in [0.29, 0.717) is 13.1 Å². The highest BCUT2D eigenvalue weighted by atomic mass is 35.5. The fourth-order valence-corrected chi connectivity index (χ4v) is 2.37. The molecule has 6 heteroatoms. The number of hydrogen-bond donors (Lipinski definition) is 1. The smallest absolute Gasteiger partial charge is 0.306 e. The Labute approximate surface area is 126 Å².